The fraction of sp³-hybridized carbons (Fsp3) is 0.684. The summed E-state index contributed by atoms with van der Waals surface area (Å²) in [4.78, 5) is 0. The summed E-state index contributed by atoms with van der Waals surface area (Å²) in [5, 5.41) is 3.76. The van der Waals surface area contributed by atoms with E-state index in [1.807, 2.05) is 0 Å². The van der Waals surface area contributed by atoms with Crippen molar-refractivity contribution in [2.45, 2.75) is 65.3 Å². The molecular weight excluding hydrogens is 242 g/mol. The minimum atomic E-state index is 0.249. The monoisotopic (exact) mass is 273 g/mol. The van der Waals surface area contributed by atoms with Crippen molar-refractivity contribution < 1.29 is 0 Å². The van der Waals surface area contributed by atoms with Crippen molar-refractivity contribution in [3.8, 4) is 0 Å². The van der Waals surface area contributed by atoms with Crippen LogP contribution in [0.3, 0.4) is 0 Å². The van der Waals surface area contributed by atoms with E-state index in [1.165, 1.54) is 30.4 Å². The molecule has 1 aliphatic rings. The zero-order valence-electron chi connectivity index (χ0n) is 13.9. The summed E-state index contributed by atoms with van der Waals surface area (Å²) in [7, 11) is 0. The SMILES string of the molecule is CCNC1CC(C)CCC1C(C)(C)c1cccc(C)c1. The molecule has 1 aromatic carbocycles. The van der Waals surface area contributed by atoms with E-state index in [-0.39, 0.29) is 5.41 Å². The van der Waals surface area contributed by atoms with Crippen LogP contribution in [0.1, 0.15) is 58.1 Å². The summed E-state index contributed by atoms with van der Waals surface area (Å²) in [6.07, 6.45) is 4.05. The van der Waals surface area contributed by atoms with Gasteiger partial charge in [0.1, 0.15) is 0 Å². The van der Waals surface area contributed by atoms with Gasteiger partial charge in [-0.3, -0.25) is 0 Å². The molecule has 3 unspecified atom stereocenters. The van der Waals surface area contributed by atoms with Gasteiger partial charge in [-0.05, 0) is 49.1 Å². The molecule has 0 spiro atoms. The quantitative estimate of drug-likeness (QED) is 0.839. The lowest BCUT2D eigenvalue weighted by Crippen LogP contribution is -2.48. The van der Waals surface area contributed by atoms with Crippen molar-refractivity contribution in [3.63, 3.8) is 0 Å². The largest absolute Gasteiger partial charge is 0.314 e. The van der Waals surface area contributed by atoms with Crippen molar-refractivity contribution in [1.29, 1.82) is 0 Å². The van der Waals surface area contributed by atoms with Crippen LogP contribution in [0.2, 0.25) is 0 Å². The topological polar surface area (TPSA) is 12.0 Å². The zero-order chi connectivity index (χ0) is 14.8. The van der Waals surface area contributed by atoms with Crippen LogP contribution in [0.25, 0.3) is 0 Å². The number of hydrogen-bond acceptors (Lipinski definition) is 1. The van der Waals surface area contributed by atoms with Crippen molar-refractivity contribution in [1.82, 2.24) is 5.32 Å². The van der Waals surface area contributed by atoms with Crippen LogP contribution < -0.4 is 5.32 Å². The van der Waals surface area contributed by atoms with Crippen LogP contribution in [0.15, 0.2) is 24.3 Å². The van der Waals surface area contributed by atoms with Crippen LogP contribution in [0.4, 0.5) is 0 Å². The number of hydrogen-bond donors (Lipinski definition) is 1. The molecular formula is C19H31N. The van der Waals surface area contributed by atoms with Crippen molar-refractivity contribution >= 4 is 0 Å². The summed E-state index contributed by atoms with van der Waals surface area (Å²) >= 11 is 0. The van der Waals surface area contributed by atoms with Crippen LogP contribution >= 0.6 is 0 Å². The summed E-state index contributed by atoms with van der Waals surface area (Å²) in [5.41, 5.74) is 3.12. The number of nitrogens with one attached hydrogen (secondary N) is 1. The van der Waals surface area contributed by atoms with E-state index >= 15 is 0 Å². The molecule has 0 amide bonds. The predicted molar refractivity (Wildman–Crippen MR) is 88.2 cm³/mol. The standard InChI is InChI=1S/C19H31N/c1-6-20-18-13-15(3)10-11-17(18)19(4,5)16-9-7-8-14(2)12-16/h7-9,12,15,17-18,20H,6,10-11,13H2,1-5H3. The van der Waals surface area contributed by atoms with E-state index in [2.05, 4.69) is 64.2 Å². The molecule has 1 N–H and O–H groups in total. The molecule has 1 heteroatoms. The first-order valence-electron chi connectivity index (χ1n) is 8.25. The van der Waals surface area contributed by atoms with Gasteiger partial charge in [-0.1, -0.05) is 63.9 Å². The Morgan fingerprint density at radius 2 is 2.00 bits per heavy atom. The minimum Gasteiger partial charge on any atom is -0.314 e. The van der Waals surface area contributed by atoms with Gasteiger partial charge in [0.2, 0.25) is 0 Å². The molecule has 1 nitrogen and oxygen atoms in total. The van der Waals surface area contributed by atoms with Gasteiger partial charge < -0.3 is 5.32 Å². The molecule has 1 aromatic rings. The predicted octanol–water partition coefficient (Wildman–Crippen LogP) is 4.69. The van der Waals surface area contributed by atoms with Gasteiger partial charge in [0, 0.05) is 6.04 Å². The summed E-state index contributed by atoms with van der Waals surface area (Å²) in [6.45, 7) is 12.8. The van der Waals surface area contributed by atoms with E-state index in [9.17, 15) is 0 Å². The number of benzene rings is 1. The lowest BCUT2D eigenvalue weighted by atomic mass is 9.63. The van der Waals surface area contributed by atoms with Crippen molar-refractivity contribution in [2.75, 3.05) is 6.54 Å². The Kier molecular flexibility index (Phi) is 4.90. The van der Waals surface area contributed by atoms with E-state index in [0.29, 0.717) is 6.04 Å². The Balaban J connectivity index is 2.26. The third-order valence-corrected chi connectivity index (χ3v) is 5.27. The molecule has 0 aliphatic heterocycles. The van der Waals surface area contributed by atoms with Gasteiger partial charge in [0.15, 0.2) is 0 Å². The highest BCUT2D eigenvalue weighted by atomic mass is 14.9. The van der Waals surface area contributed by atoms with E-state index < -0.39 is 0 Å². The van der Waals surface area contributed by atoms with Gasteiger partial charge >= 0.3 is 0 Å². The number of aryl methyl sites for hydroxylation is 1. The van der Waals surface area contributed by atoms with Crippen molar-refractivity contribution in [2.24, 2.45) is 11.8 Å². The van der Waals surface area contributed by atoms with Crippen LogP contribution in [-0.4, -0.2) is 12.6 Å². The first-order chi connectivity index (χ1) is 9.45. The second-order valence-electron chi connectivity index (χ2n) is 7.28. The van der Waals surface area contributed by atoms with Gasteiger partial charge in [0.05, 0.1) is 0 Å². The third-order valence-electron chi connectivity index (χ3n) is 5.27. The molecule has 1 fully saturated rings. The lowest BCUT2D eigenvalue weighted by molar-refractivity contribution is 0.147. The molecule has 3 atom stereocenters. The average Bonchev–Trinajstić information content (AvgIpc) is 2.39. The zero-order valence-corrected chi connectivity index (χ0v) is 13.9. The highest BCUT2D eigenvalue weighted by Gasteiger charge is 2.39. The Morgan fingerprint density at radius 3 is 2.65 bits per heavy atom. The second-order valence-corrected chi connectivity index (χ2v) is 7.28. The summed E-state index contributed by atoms with van der Waals surface area (Å²) in [5.74, 6) is 1.60. The van der Waals surface area contributed by atoms with Gasteiger partial charge in [0.25, 0.3) is 0 Å². The fourth-order valence-electron chi connectivity index (χ4n) is 3.99. The maximum Gasteiger partial charge on any atom is 0.0106 e. The Bertz CT molecular complexity index is 435. The van der Waals surface area contributed by atoms with Crippen LogP contribution in [0, 0.1) is 18.8 Å². The normalized spacial score (nSPS) is 27.6. The molecule has 20 heavy (non-hydrogen) atoms. The Labute approximate surface area is 125 Å². The van der Waals surface area contributed by atoms with Gasteiger partial charge in [-0.2, -0.15) is 0 Å². The molecule has 0 saturated heterocycles. The van der Waals surface area contributed by atoms with Gasteiger partial charge in [-0.15, -0.1) is 0 Å². The lowest BCUT2D eigenvalue weighted by Gasteiger charge is -2.45. The first-order valence-corrected chi connectivity index (χ1v) is 8.25. The molecule has 1 saturated carbocycles. The number of rotatable bonds is 4. The first kappa shape index (κ1) is 15.6. The van der Waals surface area contributed by atoms with Crippen LogP contribution in [0.5, 0.6) is 0 Å². The van der Waals surface area contributed by atoms with Crippen molar-refractivity contribution in [3.05, 3.63) is 35.4 Å². The van der Waals surface area contributed by atoms with E-state index in [1.54, 1.807) is 0 Å². The van der Waals surface area contributed by atoms with E-state index in [0.717, 1.165) is 18.4 Å². The fourth-order valence-corrected chi connectivity index (χ4v) is 3.99. The molecule has 0 bridgehead atoms. The molecule has 0 heterocycles. The second kappa shape index (κ2) is 6.30. The maximum absolute atomic E-state index is 3.76. The summed E-state index contributed by atoms with van der Waals surface area (Å²) in [6, 6.07) is 9.76. The van der Waals surface area contributed by atoms with Crippen LogP contribution in [-0.2, 0) is 5.41 Å². The Hall–Kier alpha value is -0.820. The average molecular weight is 273 g/mol. The minimum absolute atomic E-state index is 0.249. The highest BCUT2D eigenvalue weighted by molar-refractivity contribution is 5.30. The van der Waals surface area contributed by atoms with E-state index in [4.69, 9.17) is 0 Å². The molecule has 2 rings (SSSR count). The smallest absolute Gasteiger partial charge is 0.0106 e. The molecule has 0 aromatic heterocycles. The summed E-state index contributed by atoms with van der Waals surface area (Å²) < 4.78 is 0. The third kappa shape index (κ3) is 3.25. The molecule has 1 aliphatic carbocycles. The molecule has 0 radical (unpaired) electrons. The Morgan fingerprint density at radius 1 is 1.25 bits per heavy atom. The maximum atomic E-state index is 3.76. The molecule has 112 valence electrons. The van der Waals surface area contributed by atoms with Gasteiger partial charge in [-0.25, -0.2) is 0 Å². The highest BCUT2D eigenvalue weighted by Crippen LogP contribution is 2.42.